The average molecular weight is 372 g/mol. The maximum atomic E-state index is 12.7. The van der Waals surface area contributed by atoms with Crippen LogP contribution < -0.4 is 5.73 Å². The minimum Gasteiger partial charge on any atom is -0.462 e. The number of aromatic nitrogens is 1. The summed E-state index contributed by atoms with van der Waals surface area (Å²) < 4.78 is 10.3. The second kappa shape index (κ2) is 8.07. The Hall–Kier alpha value is -3.09. The molecule has 0 saturated heterocycles. The van der Waals surface area contributed by atoms with Crippen LogP contribution >= 0.6 is 0 Å². The van der Waals surface area contributed by atoms with Gasteiger partial charge in [0.05, 0.1) is 23.4 Å². The molecule has 1 heterocycles. The molecule has 0 aliphatic rings. The SMILES string of the molecule is CCOC(=O)c1c(C)[nH]c(C(=O)[C@H](C)OC(=O)c2cccc(C)c2N)c1C. The van der Waals surface area contributed by atoms with Crippen LogP contribution in [0.1, 0.15) is 61.9 Å². The summed E-state index contributed by atoms with van der Waals surface area (Å²) in [5.41, 5.74) is 8.72. The number of aryl methyl sites for hydroxylation is 2. The molecule has 1 aromatic carbocycles. The number of nitrogens with one attached hydrogen (secondary N) is 1. The Labute approximate surface area is 157 Å². The van der Waals surface area contributed by atoms with E-state index in [1.54, 1.807) is 45.9 Å². The number of benzene rings is 1. The number of hydrogen-bond donors (Lipinski definition) is 2. The number of ether oxygens (including phenoxy) is 2. The second-order valence-electron chi connectivity index (χ2n) is 6.29. The van der Waals surface area contributed by atoms with E-state index in [1.807, 2.05) is 0 Å². The number of nitrogen functional groups attached to an aromatic ring is 1. The van der Waals surface area contributed by atoms with Gasteiger partial charge in [-0.05, 0) is 51.8 Å². The normalized spacial score (nSPS) is 11.7. The highest BCUT2D eigenvalue weighted by Gasteiger charge is 2.28. The zero-order chi connectivity index (χ0) is 20.3. The highest BCUT2D eigenvalue weighted by Crippen LogP contribution is 2.22. The Morgan fingerprint density at radius 1 is 1.15 bits per heavy atom. The molecular weight excluding hydrogens is 348 g/mol. The monoisotopic (exact) mass is 372 g/mol. The van der Waals surface area contributed by atoms with Crippen molar-refractivity contribution in [3.63, 3.8) is 0 Å². The number of hydrogen-bond acceptors (Lipinski definition) is 6. The third-order valence-electron chi connectivity index (χ3n) is 4.36. The quantitative estimate of drug-likeness (QED) is 0.458. The number of rotatable bonds is 6. The summed E-state index contributed by atoms with van der Waals surface area (Å²) in [5.74, 6) is -1.62. The minimum absolute atomic E-state index is 0.209. The third kappa shape index (κ3) is 4.02. The molecule has 0 saturated carbocycles. The van der Waals surface area contributed by atoms with Crippen molar-refractivity contribution in [2.45, 2.75) is 40.7 Å². The molecule has 0 aliphatic carbocycles. The number of H-pyrrole nitrogens is 1. The summed E-state index contributed by atoms with van der Waals surface area (Å²) in [4.78, 5) is 40.1. The van der Waals surface area contributed by atoms with Gasteiger partial charge in [0.1, 0.15) is 0 Å². The summed E-state index contributed by atoms with van der Waals surface area (Å²) in [7, 11) is 0. The molecule has 2 aromatic rings. The average Bonchev–Trinajstić information content (AvgIpc) is 2.91. The molecule has 1 atom stereocenters. The van der Waals surface area contributed by atoms with Gasteiger partial charge < -0.3 is 20.2 Å². The summed E-state index contributed by atoms with van der Waals surface area (Å²) in [6, 6.07) is 5.02. The lowest BCUT2D eigenvalue weighted by Crippen LogP contribution is -2.26. The first-order valence-corrected chi connectivity index (χ1v) is 8.65. The van der Waals surface area contributed by atoms with Crippen LogP contribution in [-0.4, -0.2) is 35.4 Å². The number of carbonyl (C=O) groups is 3. The van der Waals surface area contributed by atoms with E-state index in [2.05, 4.69) is 4.98 Å². The smallest absolute Gasteiger partial charge is 0.340 e. The first-order chi connectivity index (χ1) is 12.7. The van der Waals surface area contributed by atoms with Gasteiger partial charge in [-0.25, -0.2) is 9.59 Å². The predicted molar refractivity (Wildman–Crippen MR) is 101 cm³/mol. The van der Waals surface area contributed by atoms with Crippen LogP contribution in [0.25, 0.3) is 0 Å². The summed E-state index contributed by atoms with van der Waals surface area (Å²) >= 11 is 0. The van der Waals surface area contributed by atoms with Crippen LogP contribution in [0.3, 0.4) is 0 Å². The highest BCUT2D eigenvalue weighted by molar-refractivity contribution is 6.05. The van der Waals surface area contributed by atoms with Gasteiger partial charge >= 0.3 is 11.9 Å². The molecule has 0 unspecified atom stereocenters. The molecule has 0 fully saturated rings. The van der Waals surface area contributed by atoms with E-state index in [0.29, 0.717) is 22.5 Å². The number of ketones is 1. The topological polar surface area (TPSA) is 111 Å². The standard InChI is InChI=1S/C20H24N2O5/c1-6-26-20(25)15-11(3)17(22-12(15)4)18(23)13(5)27-19(24)14-9-7-8-10(2)16(14)21/h7-9,13,22H,6,21H2,1-5H3/t13-/m0/s1. The molecule has 7 heteroatoms. The number of esters is 2. The zero-order valence-corrected chi connectivity index (χ0v) is 16.1. The maximum absolute atomic E-state index is 12.7. The Kier molecular flexibility index (Phi) is 6.05. The fraction of sp³-hybridized carbons (Fsp3) is 0.350. The van der Waals surface area contributed by atoms with Gasteiger partial charge in [0.25, 0.3) is 0 Å². The van der Waals surface area contributed by atoms with Crippen molar-refractivity contribution >= 4 is 23.4 Å². The maximum Gasteiger partial charge on any atom is 0.340 e. The van der Waals surface area contributed by atoms with E-state index in [9.17, 15) is 14.4 Å². The molecule has 0 radical (unpaired) electrons. The van der Waals surface area contributed by atoms with Crippen molar-refractivity contribution in [1.82, 2.24) is 4.98 Å². The molecule has 1 aromatic heterocycles. The lowest BCUT2D eigenvalue weighted by Gasteiger charge is -2.14. The summed E-state index contributed by atoms with van der Waals surface area (Å²) in [6.45, 7) is 8.53. The Morgan fingerprint density at radius 2 is 1.81 bits per heavy atom. The molecule has 0 bridgehead atoms. The number of anilines is 1. The van der Waals surface area contributed by atoms with Gasteiger partial charge in [0.2, 0.25) is 5.78 Å². The second-order valence-corrected chi connectivity index (χ2v) is 6.29. The first kappa shape index (κ1) is 20.2. The van der Waals surface area contributed by atoms with Crippen molar-refractivity contribution in [3.8, 4) is 0 Å². The molecule has 3 N–H and O–H groups in total. The number of carbonyl (C=O) groups excluding carboxylic acids is 3. The van der Waals surface area contributed by atoms with Crippen molar-refractivity contribution in [1.29, 1.82) is 0 Å². The van der Waals surface area contributed by atoms with E-state index in [0.717, 1.165) is 5.56 Å². The predicted octanol–water partition coefficient (Wildman–Crippen LogP) is 3.13. The van der Waals surface area contributed by atoms with Crippen LogP contribution in [0.15, 0.2) is 18.2 Å². The van der Waals surface area contributed by atoms with Crippen LogP contribution in [0.2, 0.25) is 0 Å². The lowest BCUT2D eigenvalue weighted by atomic mass is 10.1. The van der Waals surface area contributed by atoms with Gasteiger partial charge in [-0.15, -0.1) is 0 Å². The molecule has 7 nitrogen and oxygen atoms in total. The Bertz CT molecular complexity index is 898. The largest absolute Gasteiger partial charge is 0.462 e. The number of Topliss-reactive ketones (excluding diaryl/α,β-unsaturated/α-hetero) is 1. The number of nitrogens with two attached hydrogens (primary N) is 1. The van der Waals surface area contributed by atoms with Crippen molar-refractivity contribution in [2.75, 3.05) is 12.3 Å². The van der Waals surface area contributed by atoms with E-state index < -0.39 is 23.8 Å². The van der Waals surface area contributed by atoms with E-state index in [1.165, 1.54) is 6.92 Å². The number of para-hydroxylation sites is 1. The molecule has 0 amide bonds. The van der Waals surface area contributed by atoms with Gasteiger partial charge in [0.15, 0.2) is 6.10 Å². The summed E-state index contributed by atoms with van der Waals surface area (Å²) in [6.07, 6.45) is -1.05. The molecule has 2 rings (SSSR count). The van der Waals surface area contributed by atoms with Crippen LogP contribution in [0.5, 0.6) is 0 Å². The molecular formula is C20H24N2O5. The van der Waals surface area contributed by atoms with Gasteiger partial charge in [-0.3, -0.25) is 4.79 Å². The van der Waals surface area contributed by atoms with E-state index in [-0.39, 0.29) is 17.9 Å². The third-order valence-corrected chi connectivity index (χ3v) is 4.36. The molecule has 144 valence electrons. The van der Waals surface area contributed by atoms with Gasteiger partial charge in [-0.1, -0.05) is 12.1 Å². The molecule has 27 heavy (non-hydrogen) atoms. The van der Waals surface area contributed by atoms with E-state index in [4.69, 9.17) is 15.2 Å². The van der Waals surface area contributed by atoms with Gasteiger partial charge in [0, 0.05) is 11.4 Å². The van der Waals surface area contributed by atoms with Gasteiger partial charge in [-0.2, -0.15) is 0 Å². The number of aromatic amines is 1. The minimum atomic E-state index is -1.05. The van der Waals surface area contributed by atoms with Crippen LogP contribution in [0, 0.1) is 20.8 Å². The van der Waals surface area contributed by atoms with Crippen molar-refractivity contribution < 1.29 is 23.9 Å². The zero-order valence-electron chi connectivity index (χ0n) is 16.1. The first-order valence-electron chi connectivity index (χ1n) is 8.65. The fourth-order valence-corrected chi connectivity index (χ4v) is 2.85. The van der Waals surface area contributed by atoms with Crippen molar-refractivity contribution in [2.24, 2.45) is 0 Å². The lowest BCUT2D eigenvalue weighted by molar-refractivity contribution is 0.0317. The molecule has 0 aliphatic heterocycles. The Morgan fingerprint density at radius 3 is 2.44 bits per heavy atom. The Balaban J connectivity index is 2.23. The van der Waals surface area contributed by atoms with E-state index >= 15 is 0 Å². The summed E-state index contributed by atoms with van der Waals surface area (Å²) in [5, 5.41) is 0. The van der Waals surface area contributed by atoms with Crippen molar-refractivity contribution in [3.05, 3.63) is 51.8 Å². The molecule has 0 spiro atoms. The highest BCUT2D eigenvalue weighted by atomic mass is 16.5. The fourth-order valence-electron chi connectivity index (χ4n) is 2.85. The van der Waals surface area contributed by atoms with Crippen LogP contribution in [-0.2, 0) is 9.47 Å². The van der Waals surface area contributed by atoms with Crippen LogP contribution in [0.4, 0.5) is 5.69 Å².